The van der Waals surface area contributed by atoms with Gasteiger partial charge in [0.15, 0.2) is 0 Å². The molecule has 2 heteroatoms. The smallest absolute Gasteiger partial charge is 0.123 e. The molecule has 10 heavy (non-hydrogen) atoms. The lowest BCUT2D eigenvalue weighted by molar-refractivity contribution is -0.113. The SMILES string of the molecule is CC(C=O)C(C)(C)CC#N. The largest absolute Gasteiger partial charge is 0.303 e. The van der Waals surface area contributed by atoms with Crippen molar-refractivity contribution in [3.05, 3.63) is 0 Å². The summed E-state index contributed by atoms with van der Waals surface area (Å²) in [7, 11) is 0. The Labute approximate surface area is 61.8 Å². The number of hydrogen-bond donors (Lipinski definition) is 0. The maximum Gasteiger partial charge on any atom is 0.123 e. The maximum atomic E-state index is 10.3. The molecule has 1 unspecified atom stereocenters. The number of hydrogen-bond acceptors (Lipinski definition) is 2. The summed E-state index contributed by atoms with van der Waals surface area (Å²) >= 11 is 0. The first kappa shape index (κ1) is 9.16. The highest BCUT2D eigenvalue weighted by atomic mass is 16.1. The Kier molecular flexibility index (Phi) is 3.08. The second-order valence-corrected chi connectivity index (χ2v) is 3.25. The van der Waals surface area contributed by atoms with E-state index in [9.17, 15) is 4.79 Å². The monoisotopic (exact) mass is 139 g/mol. The minimum Gasteiger partial charge on any atom is -0.303 e. The molecule has 0 N–H and O–H groups in total. The topological polar surface area (TPSA) is 40.9 Å². The number of nitrogens with zero attached hydrogens (tertiary/aromatic N) is 1. The van der Waals surface area contributed by atoms with E-state index in [1.54, 1.807) is 0 Å². The van der Waals surface area contributed by atoms with E-state index in [1.165, 1.54) is 0 Å². The molecule has 0 spiro atoms. The minimum atomic E-state index is -0.170. The number of aldehydes is 1. The first-order valence-corrected chi connectivity index (χ1v) is 3.37. The van der Waals surface area contributed by atoms with Crippen LogP contribution in [0.1, 0.15) is 27.2 Å². The number of carbonyl (C=O) groups is 1. The summed E-state index contributed by atoms with van der Waals surface area (Å²) in [5.74, 6) is -0.0350. The van der Waals surface area contributed by atoms with Gasteiger partial charge in [-0.2, -0.15) is 5.26 Å². The molecule has 0 aromatic carbocycles. The average molecular weight is 139 g/mol. The van der Waals surface area contributed by atoms with E-state index in [0.717, 1.165) is 6.29 Å². The Balaban J connectivity index is 4.11. The van der Waals surface area contributed by atoms with Crippen molar-refractivity contribution in [3.63, 3.8) is 0 Å². The molecule has 2 nitrogen and oxygen atoms in total. The van der Waals surface area contributed by atoms with E-state index in [2.05, 4.69) is 6.07 Å². The fraction of sp³-hybridized carbons (Fsp3) is 0.750. The lowest BCUT2D eigenvalue weighted by atomic mass is 9.78. The van der Waals surface area contributed by atoms with Gasteiger partial charge in [0.2, 0.25) is 0 Å². The van der Waals surface area contributed by atoms with Gasteiger partial charge >= 0.3 is 0 Å². The van der Waals surface area contributed by atoms with Crippen LogP contribution < -0.4 is 0 Å². The molecule has 0 fully saturated rings. The van der Waals surface area contributed by atoms with E-state index in [-0.39, 0.29) is 11.3 Å². The third-order valence-corrected chi connectivity index (χ3v) is 1.97. The van der Waals surface area contributed by atoms with Crippen LogP contribution in [0.4, 0.5) is 0 Å². The second kappa shape index (κ2) is 3.36. The van der Waals surface area contributed by atoms with Crippen LogP contribution in [0.3, 0.4) is 0 Å². The lowest BCUT2D eigenvalue weighted by Gasteiger charge is -2.24. The summed E-state index contributed by atoms with van der Waals surface area (Å²) < 4.78 is 0. The number of carbonyl (C=O) groups excluding carboxylic acids is 1. The van der Waals surface area contributed by atoms with Gasteiger partial charge in [-0.1, -0.05) is 20.8 Å². The van der Waals surface area contributed by atoms with Gasteiger partial charge in [-0.3, -0.25) is 0 Å². The van der Waals surface area contributed by atoms with Crippen molar-refractivity contribution in [3.8, 4) is 6.07 Å². The molecule has 0 heterocycles. The van der Waals surface area contributed by atoms with Gasteiger partial charge in [0.25, 0.3) is 0 Å². The predicted molar refractivity (Wildman–Crippen MR) is 39.2 cm³/mol. The number of nitriles is 1. The Morgan fingerprint density at radius 1 is 1.70 bits per heavy atom. The molecule has 0 radical (unpaired) electrons. The lowest BCUT2D eigenvalue weighted by Crippen LogP contribution is -2.21. The summed E-state index contributed by atoms with van der Waals surface area (Å²) in [6, 6.07) is 2.06. The zero-order valence-electron chi connectivity index (χ0n) is 6.72. The number of rotatable bonds is 3. The summed E-state index contributed by atoms with van der Waals surface area (Å²) in [6.45, 7) is 5.69. The van der Waals surface area contributed by atoms with E-state index >= 15 is 0 Å². The molecule has 0 aromatic rings. The first-order chi connectivity index (χ1) is 4.54. The zero-order valence-corrected chi connectivity index (χ0v) is 6.72. The van der Waals surface area contributed by atoms with Gasteiger partial charge in [0.05, 0.1) is 6.07 Å². The van der Waals surface area contributed by atoms with Crippen molar-refractivity contribution < 1.29 is 4.79 Å². The summed E-state index contributed by atoms with van der Waals surface area (Å²) in [6.07, 6.45) is 1.34. The molecule has 0 rings (SSSR count). The van der Waals surface area contributed by atoms with Crippen molar-refractivity contribution in [1.82, 2.24) is 0 Å². The maximum absolute atomic E-state index is 10.3. The second-order valence-electron chi connectivity index (χ2n) is 3.25. The van der Waals surface area contributed by atoms with Crippen LogP contribution in [0.2, 0.25) is 0 Å². The fourth-order valence-electron chi connectivity index (χ4n) is 0.549. The van der Waals surface area contributed by atoms with Gasteiger partial charge < -0.3 is 4.79 Å². The average Bonchev–Trinajstić information content (AvgIpc) is 1.86. The van der Waals surface area contributed by atoms with E-state index in [1.807, 2.05) is 20.8 Å². The highest BCUT2D eigenvalue weighted by Gasteiger charge is 2.24. The first-order valence-electron chi connectivity index (χ1n) is 3.37. The van der Waals surface area contributed by atoms with Crippen LogP contribution in [0.25, 0.3) is 0 Å². The molecular formula is C8H13NO. The van der Waals surface area contributed by atoms with Crippen molar-refractivity contribution in [1.29, 1.82) is 5.26 Å². The highest BCUT2D eigenvalue weighted by molar-refractivity contribution is 5.54. The van der Waals surface area contributed by atoms with Gasteiger partial charge in [-0.05, 0) is 5.41 Å². The molecule has 0 aromatic heterocycles. The molecule has 0 aliphatic heterocycles. The minimum absolute atomic E-state index is 0.0350. The van der Waals surface area contributed by atoms with E-state index < -0.39 is 0 Å². The normalized spacial score (nSPS) is 13.8. The Hall–Kier alpha value is -0.840. The molecule has 0 aliphatic carbocycles. The van der Waals surface area contributed by atoms with Crippen LogP contribution in [0.15, 0.2) is 0 Å². The summed E-state index contributed by atoms with van der Waals surface area (Å²) in [5.41, 5.74) is -0.170. The highest BCUT2D eigenvalue weighted by Crippen LogP contribution is 2.28. The van der Waals surface area contributed by atoms with Crippen LogP contribution >= 0.6 is 0 Å². The zero-order chi connectivity index (χ0) is 8.20. The molecule has 0 amide bonds. The molecular weight excluding hydrogens is 126 g/mol. The van der Waals surface area contributed by atoms with Crippen molar-refractivity contribution in [2.24, 2.45) is 11.3 Å². The van der Waals surface area contributed by atoms with Crippen LogP contribution in [-0.4, -0.2) is 6.29 Å². The van der Waals surface area contributed by atoms with Crippen LogP contribution in [0, 0.1) is 22.7 Å². The molecule has 0 saturated carbocycles. The standard InChI is InChI=1S/C8H13NO/c1-7(6-10)8(2,3)4-5-9/h6-7H,4H2,1-3H3. The van der Waals surface area contributed by atoms with Gasteiger partial charge in [-0.15, -0.1) is 0 Å². The summed E-state index contributed by atoms with van der Waals surface area (Å²) in [5, 5.41) is 8.38. The van der Waals surface area contributed by atoms with E-state index in [0.29, 0.717) is 6.42 Å². The summed E-state index contributed by atoms with van der Waals surface area (Å²) in [4.78, 5) is 10.3. The molecule has 1 atom stereocenters. The molecule has 0 aliphatic rings. The predicted octanol–water partition coefficient (Wildman–Crippen LogP) is 1.76. The Morgan fingerprint density at radius 2 is 2.20 bits per heavy atom. The molecule has 56 valence electrons. The van der Waals surface area contributed by atoms with Gasteiger partial charge in [0.1, 0.15) is 6.29 Å². The van der Waals surface area contributed by atoms with Crippen molar-refractivity contribution >= 4 is 6.29 Å². The van der Waals surface area contributed by atoms with Crippen LogP contribution in [0.5, 0.6) is 0 Å². The van der Waals surface area contributed by atoms with E-state index in [4.69, 9.17) is 5.26 Å². The van der Waals surface area contributed by atoms with Crippen molar-refractivity contribution in [2.45, 2.75) is 27.2 Å². The molecule has 0 saturated heterocycles. The molecule has 0 bridgehead atoms. The Bertz CT molecular complexity index is 155. The third-order valence-electron chi connectivity index (χ3n) is 1.97. The van der Waals surface area contributed by atoms with Gasteiger partial charge in [0, 0.05) is 12.3 Å². The Morgan fingerprint density at radius 3 is 2.50 bits per heavy atom. The fourth-order valence-corrected chi connectivity index (χ4v) is 0.549. The van der Waals surface area contributed by atoms with Crippen LogP contribution in [-0.2, 0) is 4.79 Å². The third kappa shape index (κ3) is 2.18. The van der Waals surface area contributed by atoms with Gasteiger partial charge in [-0.25, -0.2) is 0 Å². The quantitative estimate of drug-likeness (QED) is 0.559. The van der Waals surface area contributed by atoms with Crippen molar-refractivity contribution in [2.75, 3.05) is 0 Å².